The van der Waals surface area contributed by atoms with Crippen LogP contribution in [0.3, 0.4) is 0 Å². The summed E-state index contributed by atoms with van der Waals surface area (Å²) in [6.07, 6.45) is -0.787. The van der Waals surface area contributed by atoms with Gasteiger partial charge in [0.25, 0.3) is 0 Å². The Kier molecular flexibility index (Phi) is 6.19. The van der Waals surface area contributed by atoms with Crippen molar-refractivity contribution in [3.63, 3.8) is 0 Å². The van der Waals surface area contributed by atoms with Crippen molar-refractivity contribution in [1.82, 2.24) is 0 Å². The molecule has 0 rings (SSSR count). The van der Waals surface area contributed by atoms with Crippen molar-refractivity contribution in [3.8, 4) is 0 Å². The standard InChI is InChI=1S/C4H8O2.H2O4S/c1-3(5)4(2)6;1-5(2,3)4/h3,5H,1-2H3;(H2,1,2,3,4). The van der Waals surface area contributed by atoms with Crippen LogP contribution < -0.4 is 0 Å². The summed E-state index contributed by atoms with van der Waals surface area (Å²) in [4.78, 5) is 9.89. The van der Waals surface area contributed by atoms with Crippen molar-refractivity contribution in [2.75, 3.05) is 0 Å². The molecule has 0 aromatic heterocycles. The predicted octanol–water partition coefficient (Wildman–Crippen LogP) is -0.697. The molecule has 68 valence electrons. The van der Waals surface area contributed by atoms with Crippen LogP contribution in [0.15, 0.2) is 0 Å². The van der Waals surface area contributed by atoms with E-state index in [-0.39, 0.29) is 5.78 Å². The largest absolute Gasteiger partial charge is 0.394 e. The zero-order valence-corrected chi connectivity index (χ0v) is 6.87. The van der Waals surface area contributed by atoms with Gasteiger partial charge in [0.05, 0.1) is 0 Å². The molecule has 0 aliphatic rings. The molecule has 0 spiro atoms. The molecular weight excluding hydrogens is 176 g/mol. The monoisotopic (exact) mass is 186 g/mol. The summed E-state index contributed by atoms with van der Waals surface area (Å²) >= 11 is 0. The number of rotatable bonds is 1. The summed E-state index contributed by atoms with van der Waals surface area (Å²) in [5, 5.41) is 8.28. The van der Waals surface area contributed by atoms with E-state index in [1.807, 2.05) is 0 Å². The molecule has 11 heavy (non-hydrogen) atoms. The first-order valence-electron chi connectivity index (χ1n) is 2.53. The molecule has 0 heterocycles. The van der Waals surface area contributed by atoms with Gasteiger partial charge in [0.2, 0.25) is 0 Å². The molecule has 0 bridgehead atoms. The van der Waals surface area contributed by atoms with Crippen LogP contribution in [-0.2, 0) is 15.2 Å². The quantitative estimate of drug-likeness (QED) is 0.467. The van der Waals surface area contributed by atoms with Crippen molar-refractivity contribution in [2.24, 2.45) is 0 Å². The average Bonchev–Trinajstić information content (AvgIpc) is 1.59. The molecule has 3 N–H and O–H groups in total. The molecule has 1 atom stereocenters. The second kappa shape index (κ2) is 5.19. The molecule has 0 saturated carbocycles. The number of Topliss-reactive ketones (excluding diaryl/α,β-unsaturated/α-hetero) is 1. The van der Waals surface area contributed by atoms with Crippen LogP contribution in [0, 0.1) is 0 Å². The van der Waals surface area contributed by atoms with Gasteiger partial charge in [-0.3, -0.25) is 13.9 Å². The maximum atomic E-state index is 9.89. The molecule has 0 saturated heterocycles. The Labute approximate surface area is 64.4 Å². The van der Waals surface area contributed by atoms with E-state index in [2.05, 4.69) is 0 Å². The molecule has 1 unspecified atom stereocenters. The van der Waals surface area contributed by atoms with Crippen molar-refractivity contribution < 1.29 is 27.4 Å². The number of carbonyl (C=O) groups excluding carboxylic acids is 1. The predicted molar refractivity (Wildman–Crippen MR) is 36.5 cm³/mol. The lowest BCUT2D eigenvalue weighted by Gasteiger charge is -1.90. The van der Waals surface area contributed by atoms with Crippen LogP contribution >= 0.6 is 0 Å². The van der Waals surface area contributed by atoms with Crippen LogP contribution in [0.25, 0.3) is 0 Å². The highest BCUT2D eigenvalue weighted by Gasteiger charge is 1.97. The molecular formula is C4H10O6S. The first-order valence-corrected chi connectivity index (χ1v) is 3.92. The molecule has 0 aliphatic carbocycles. The molecule has 0 aromatic carbocycles. The lowest BCUT2D eigenvalue weighted by atomic mass is 10.3. The molecule has 6 nitrogen and oxygen atoms in total. The normalized spacial score (nSPS) is 12.8. The third kappa shape index (κ3) is 43.6. The summed E-state index contributed by atoms with van der Waals surface area (Å²) in [6, 6.07) is 0. The summed E-state index contributed by atoms with van der Waals surface area (Å²) in [5.74, 6) is -0.185. The van der Waals surface area contributed by atoms with Crippen LogP contribution in [0.2, 0.25) is 0 Å². The van der Waals surface area contributed by atoms with Crippen LogP contribution in [0.5, 0.6) is 0 Å². The van der Waals surface area contributed by atoms with Gasteiger partial charge in [-0.2, -0.15) is 8.42 Å². The van der Waals surface area contributed by atoms with Crippen LogP contribution in [0.1, 0.15) is 13.8 Å². The molecule has 0 fully saturated rings. The highest BCUT2D eigenvalue weighted by molar-refractivity contribution is 7.79. The lowest BCUT2D eigenvalue weighted by molar-refractivity contribution is -0.124. The fourth-order valence-corrected chi connectivity index (χ4v) is 0. The van der Waals surface area contributed by atoms with Gasteiger partial charge in [-0.15, -0.1) is 0 Å². The minimum absolute atomic E-state index is 0.185. The average molecular weight is 186 g/mol. The number of ketones is 1. The molecule has 0 aliphatic heterocycles. The van der Waals surface area contributed by atoms with E-state index in [0.717, 1.165) is 0 Å². The Morgan fingerprint density at radius 1 is 1.36 bits per heavy atom. The summed E-state index contributed by atoms with van der Waals surface area (Å²) in [6.45, 7) is 2.80. The van der Waals surface area contributed by atoms with E-state index in [0.29, 0.717) is 0 Å². The van der Waals surface area contributed by atoms with Crippen LogP contribution in [-0.4, -0.2) is 34.5 Å². The van der Waals surface area contributed by atoms with E-state index >= 15 is 0 Å². The Balaban J connectivity index is 0. The molecule has 0 amide bonds. The van der Waals surface area contributed by atoms with Crippen LogP contribution in [0.4, 0.5) is 0 Å². The summed E-state index contributed by atoms with van der Waals surface area (Å²) in [7, 11) is -4.67. The third-order valence-electron chi connectivity index (χ3n) is 0.588. The van der Waals surface area contributed by atoms with Gasteiger partial charge < -0.3 is 5.11 Å². The second-order valence-electron chi connectivity index (χ2n) is 1.73. The minimum atomic E-state index is -4.67. The zero-order chi connectivity index (χ0) is 9.65. The fourth-order valence-electron chi connectivity index (χ4n) is 0. The Bertz CT molecular complexity index is 195. The van der Waals surface area contributed by atoms with Gasteiger partial charge >= 0.3 is 10.4 Å². The van der Waals surface area contributed by atoms with Gasteiger partial charge in [-0.25, -0.2) is 0 Å². The van der Waals surface area contributed by atoms with Gasteiger partial charge in [0.1, 0.15) is 6.10 Å². The highest BCUT2D eigenvalue weighted by Crippen LogP contribution is 1.76. The number of carbonyl (C=O) groups is 1. The van der Waals surface area contributed by atoms with E-state index in [1.54, 1.807) is 0 Å². The molecule has 0 aromatic rings. The zero-order valence-electron chi connectivity index (χ0n) is 6.05. The lowest BCUT2D eigenvalue weighted by Crippen LogP contribution is -2.10. The molecule has 7 heteroatoms. The first-order chi connectivity index (χ1) is 4.64. The number of hydrogen-bond acceptors (Lipinski definition) is 4. The van der Waals surface area contributed by atoms with E-state index in [9.17, 15) is 4.79 Å². The number of hydrogen-bond donors (Lipinski definition) is 3. The first kappa shape index (κ1) is 13.1. The van der Waals surface area contributed by atoms with E-state index in [4.69, 9.17) is 22.6 Å². The minimum Gasteiger partial charge on any atom is -0.386 e. The van der Waals surface area contributed by atoms with Crippen molar-refractivity contribution in [2.45, 2.75) is 20.0 Å². The number of aliphatic hydroxyl groups excluding tert-OH is 1. The topological polar surface area (TPSA) is 112 Å². The Hall–Kier alpha value is -0.500. The van der Waals surface area contributed by atoms with Crippen molar-refractivity contribution in [3.05, 3.63) is 0 Å². The smallest absolute Gasteiger partial charge is 0.386 e. The van der Waals surface area contributed by atoms with E-state index < -0.39 is 16.5 Å². The maximum Gasteiger partial charge on any atom is 0.394 e. The SMILES string of the molecule is CC(=O)C(C)O.O=S(=O)(O)O. The van der Waals surface area contributed by atoms with Crippen molar-refractivity contribution in [1.29, 1.82) is 0 Å². The summed E-state index contributed by atoms with van der Waals surface area (Å²) in [5.41, 5.74) is 0. The third-order valence-corrected chi connectivity index (χ3v) is 0.588. The van der Waals surface area contributed by atoms with Gasteiger partial charge in [-0.05, 0) is 13.8 Å². The summed E-state index contributed by atoms with van der Waals surface area (Å²) < 4.78 is 31.6. The highest BCUT2D eigenvalue weighted by atomic mass is 32.3. The van der Waals surface area contributed by atoms with E-state index in [1.165, 1.54) is 13.8 Å². The maximum absolute atomic E-state index is 9.89. The van der Waals surface area contributed by atoms with Gasteiger partial charge in [-0.1, -0.05) is 0 Å². The Morgan fingerprint density at radius 2 is 1.45 bits per heavy atom. The molecule has 0 radical (unpaired) electrons. The second-order valence-corrected chi connectivity index (χ2v) is 2.63. The Morgan fingerprint density at radius 3 is 1.45 bits per heavy atom. The van der Waals surface area contributed by atoms with Crippen molar-refractivity contribution >= 4 is 16.2 Å². The van der Waals surface area contributed by atoms with Gasteiger partial charge in [0, 0.05) is 0 Å². The van der Waals surface area contributed by atoms with Gasteiger partial charge in [0.15, 0.2) is 5.78 Å². The fraction of sp³-hybridized carbons (Fsp3) is 0.750. The number of aliphatic hydroxyl groups is 1.